The van der Waals surface area contributed by atoms with Gasteiger partial charge in [0, 0.05) is 5.02 Å². The summed E-state index contributed by atoms with van der Waals surface area (Å²) in [5.41, 5.74) is 7.04. The van der Waals surface area contributed by atoms with Gasteiger partial charge in [-0.05, 0) is 61.9 Å². The van der Waals surface area contributed by atoms with E-state index < -0.39 is 0 Å². The Balaban J connectivity index is 2.26. The fourth-order valence-electron chi connectivity index (χ4n) is 1.76. The summed E-state index contributed by atoms with van der Waals surface area (Å²) >= 11 is 5.90. The standard InChI is InChI=1S/C15H24ClNO/c1-12-10-13(16)6-7-14(12)18-9-5-4-8-15(2,3)11-17/h6-7,10H,4-5,8-9,11,17H2,1-3H3. The number of unbranched alkanes of at least 4 members (excludes halogenated alkanes) is 1. The predicted octanol–water partition coefficient (Wildman–Crippen LogP) is 4.18. The lowest BCUT2D eigenvalue weighted by atomic mass is 9.87. The van der Waals surface area contributed by atoms with Crippen LogP contribution in [0, 0.1) is 12.3 Å². The Kier molecular flexibility index (Phi) is 5.97. The molecule has 0 aliphatic heterocycles. The maximum Gasteiger partial charge on any atom is 0.122 e. The first kappa shape index (κ1) is 15.3. The Labute approximate surface area is 115 Å². The van der Waals surface area contributed by atoms with E-state index in [1.165, 1.54) is 0 Å². The van der Waals surface area contributed by atoms with Gasteiger partial charge in [0.1, 0.15) is 5.75 Å². The van der Waals surface area contributed by atoms with Crippen LogP contribution in [-0.2, 0) is 0 Å². The zero-order chi connectivity index (χ0) is 13.6. The van der Waals surface area contributed by atoms with Crippen molar-refractivity contribution in [3.8, 4) is 5.75 Å². The number of ether oxygens (including phenoxy) is 1. The van der Waals surface area contributed by atoms with Crippen LogP contribution in [0.1, 0.15) is 38.7 Å². The van der Waals surface area contributed by atoms with Crippen molar-refractivity contribution >= 4 is 11.6 Å². The minimum absolute atomic E-state index is 0.246. The molecule has 0 saturated carbocycles. The number of nitrogens with two attached hydrogens (primary N) is 1. The second-order valence-corrected chi connectivity index (χ2v) is 6.02. The van der Waals surface area contributed by atoms with Gasteiger partial charge in [0.25, 0.3) is 0 Å². The monoisotopic (exact) mass is 269 g/mol. The van der Waals surface area contributed by atoms with E-state index in [2.05, 4.69) is 13.8 Å². The molecule has 0 aliphatic carbocycles. The van der Waals surface area contributed by atoms with Gasteiger partial charge in [-0.15, -0.1) is 0 Å². The number of benzene rings is 1. The van der Waals surface area contributed by atoms with Crippen molar-refractivity contribution in [2.45, 2.75) is 40.0 Å². The summed E-state index contributed by atoms with van der Waals surface area (Å²) < 4.78 is 5.75. The average molecular weight is 270 g/mol. The van der Waals surface area contributed by atoms with Crippen LogP contribution in [0.5, 0.6) is 5.75 Å². The molecule has 0 aromatic heterocycles. The lowest BCUT2D eigenvalue weighted by Gasteiger charge is -2.21. The van der Waals surface area contributed by atoms with Gasteiger partial charge in [-0.25, -0.2) is 0 Å². The molecule has 0 amide bonds. The maximum atomic E-state index is 5.90. The fourth-order valence-corrected chi connectivity index (χ4v) is 1.99. The molecule has 2 nitrogen and oxygen atoms in total. The molecule has 102 valence electrons. The molecule has 0 atom stereocenters. The SMILES string of the molecule is Cc1cc(Cl)ccc1OCCCCC(C)(C)CN. The molecule has 0 unspecified atom stereocenters. The highest BCUT2D eigenvalue weighted by Gasteiger charge is 2.14. The lowest BCUT2D eigenvalue weighted by molar-refractivity contribution is 0.277. The Bertz CT molecular complexity index is 377. The summed E-state index contributed by atoms with van der Waals surface area (Å²) in [7, 11) is 0. The van der Waals surface area contributed by atoms with Crippen LogP contribution < -0.4 is 10.5 Å². The molecular formula is C15H24ClNO. The van der Waals surface area contributed by atoms with Gasteiger partial charge in [-0.3, -0.25) is 0 Å². The van der Waals surface area contributed by atoms with Crippen LogP contribution in [0.3, 0.4) is 0 Å². The predicted molar refractivity (Wildman–Crippen MR) is 78.4 cm³/mol. The smallest absolute Gasteiger partial charge is 0.122 e. The normalized spacial score (nSPS) is 11.6. The van der Waals surface area contributed by atoms with E-state index in [0.717, 1.165) is 48.7 Å². The molecule has 1 rings (SSSR count). The van der Waals surface area contributed by atoms with Crippen LogP contribution in [-0.4, -0.2) is 13.2 Å². The maximum absolute atomic E-state index is 5.90. The largest absolute Gasteiger partial charge is 0.493 e. The molecule has 0 fully saturated rings. The van der Waals surface area contributed by atoms with Gasteiger partial charge in [-0.2, -0.15) is 0 Å². The van der Waals surface area contributed by atoms with Crippen molar-refractivity contribution in [2.24, 2.45) is 11.1 Å². The first-order chi connectivity index (χ1) is 8.44. The van der Waals surface area contributed by atoms with Gasteiger partial charge in [0.2, 0.25) is 0 Å². The van der Waals surface area contributed by atoms with E-state index in [1.807, 2.05) is 25.1 Å². The fraction of sp³-hybridized carbons (Fsp3) is 0.600. The van der Waals surface area contributed by atoms with E-state index in [4.69, 9.17) is 22.1 Å². The van der Waals surface area contributed by atoms with E-state index >= 15 is 0 Å². The molecule has 2 N–H and O–H groups in total. The van der Waals surface area contributed by atoms with Crippen LogP contribution in [0.2, 0.25) is 5.02 Å². The third-order valence-electron chi connectivity index (χ3n) is 3.20. The van der Waals surface area contributed by atoms with Gasteiger partial charge in [-0.1, -0.05) is 25.4 Å². The van der Waals surface area contributed by atoms with Crippen molar-refractivity contribution in [1.29, 1.82) is 0 Å². The summed E-state index contributed by atoms with van der Waals surface area (Å²) in [4.78, 5) is 0. The van der Waals surface area contributed by atoms with E-state index in [9.17, 15) is 0 Å². The first-order valence-electron chi connectivity index (χ1n) is 6.54. The number of halogens is 1. The number of aryl methyl sites for hydroxylation is 1. The van der Waals surface area contributed by atoms with Crippen LogP contribution in [0.4, 0.5) is 0 Å². The molecule has 0 saturated heterocycles. The van der Waals surface area contributed by atoms with Gasteiger partial charge >= 0.3 is 0 Å². The Hall–Kier alpha value is -0.730. The molecule has 0 aliphatic rings. The Morgan fingerprint density at radius 2 is 2.00 bits per heavy atom. The number of hydrogen-bond donors (Lipinski definition) is 1. The Morgan fingerprint density at radius 1 is 1.28 bits per heavy atom. The molecule has 1 aromatic carbocycles. The van der Waals surface area contributed by atoms with E-state index in [1.54, 1.807) is 0 Å². The topological polar surface area (TPSA) is 35.2 Å². The Morgan fingerprint density at radius 3 is 2.61 bits per heavy atom. The van der Waals surface area contributed by atoms with Crippen LogP contribution >= 0.6 is 11.6 Å². The van der Waals surface area contributed by atoms with E-state index in [-0.39, 0.29) is 5.41 Å². The van der Waals surface area contributed by atoms with Crippen molar-refractivity contribution in [3.63, 3.8) is 0 Å². The van der Waals surface area contributed by atoms with Gasteiger partial charge in [0.05, 0.1) is 6.61 Å². The molecule has 18 heavy (non-hydrogen) atoms. The summed E-state index contributed by atoms with van der Waals surface area (Å²) in [6.07, 6.45) is 3.36. The summed E-state index contributed by atoms with van der Waals surface area (Å²) in [5.74, 6) is 0.928. The molecular weight excluding hydrogens is 246 g/mol. The highest BCUT2D eigenvalue weighted by molar-refractivity contribution is 6.30. The van der Waals surface area contributed by atoms with Crippen LogP contribution in [0.15, 0.2) is 18.2 Å². The quantitative estimate of drug-likeness (QED) is 0.754. The third-order valence-corrected chi connectivity index (χ3v) is 3.43. The molecule has 0 bridgehead atoms. The number of rotatable bonds is 7. The highest BCUT2D eigenvalue weighted by Crippen LogP contribution is 2.23. The molecule has 3 heteroatoms. The minimum atomic E-state index is 0.246. The summed E-state index contributed by atoms with van der Waals surface area (Å²) in [6.45, 7) is 7.92. The summed E-state index contributed by atoms with van der Waals surface area (Å²) in [6, 6.07) is 5.72. The second-order valence-electron chi connectivity index (χ2n) is 5.58. The van der Waals surface area contributed by atoms with Crippen molar-refractivity contribution in [3.05, 3.63) is 28.8 Å². The molecule has 0 heterocycles. The van der Waals surface area contributed by atoms with E-state index in [0.29, 0.717) is 0 Å². The zero-order valence-electron chi connectivity index (χ0n) is 11.6. The molecule has 0 spiro atoms. The zero-order valence-corrected chi connectivity index (χ0v) is 12.4. The van der Waals surface area contributed by atoms with Crippen molar-refractivity contribution in [2.75, 3.05) is 13.2 Å². The van der Waals surface area contributed by atoms with Crippen molar-refractivity contribution in [1.82, 2.24) is 0 Å². The first-order valence-corrected chi connectivity index (χ1v) is 6.91. The number of hydrogen-bond acceptors (Lipinski definition) is 2. The highest BCUT2D eigenvalue weighted by atomic mass is 35.5. The third kappa shape index (κ3) is 5.28. The van der Waals surface area contributed by atoms with Crippen LogP contribution in [0.25, 0.3) is 0 Å². The van der Waals surface area contributed by atoms with Gasteiger partial charge < -0.3 is 10.5 Å². The minimum Gasteiger partial charge on any atom is -0.493 e. The molecule has 0 radical (unpaired) electrons. The van der Waals surface area contributed by atoms with Crippen molar-refractivity contribution < 1.29 is 4.74 Å². The second kappa shape index (κ2) is 7.01. The lowest BCUT2D eigenvalue weighted by Crippen LogP contribution is -2.23. The average Bonchev–Trinajstić information content (AvgIpc) is 2.31. The molecule has 1 aromatic rings. The summed E-state index contributed by atoms with van der Waals surface area (Å²) in [5, 5.41) is 0.754. The van der Waals surface area contributed by atoms with Gasteiger partial charge in [0.15, 0.2) is 0 Å².